The second-order valence-corrected chi connectivity index (χ2v) is 6.87. The summed E-state index contributed by atoms with van der Waals surface area (Å²) in [6, 6.07) is 9.40. The molecule has 126 valence electrons. The van der Waals surface area contributed by atoms with Crippen molar-refractivity contribution in [2.45, 2.75) is 32.9 Å². The number of amides is 1. The Morgan fingerprint density at radius 1 is 1.29 bits per heavy atom. The van der Waals surface area contributed by atoms with Gasteiger partial charge in [-0.05, 0) is 42.5 Å². The van der Waals surface area contributed by atoms with Crippen LogP contribution in [0.25, 0.3) is 11.1 Å². The van der Waals surface area contributed by atoms with Crippen LogP contribution in [0.2, 0.25) is 0 Å². The number of benzene rings is 1. The number of para-hydroxylation sites is 2. The fourth-order valence-corrected chi connectivity index (χ4v) is 3.63. The first kappa shape index (κ1) is 16.5. The van der Waals surface area contributed by atoms with Gasteiger partial charge in [-0.25, -0.2) is 4.79 Å². The van der Waals surface area contributed by atoms with E-state index in [4.69, 9.17) is 4.42 Å². The monoisotopic (exact) mass is 344 g/mol. The van der Waals surface area contributed by atoms with Crippen LogP contribution in [-0.4, -0.2) is 22.4 Å². The zero-order valence-corrected chi connectivity index (χ0v) is 14.6. The van der Waals surface area contributed by atoms with Gasteiger partial charge in [-0.15, -0.1) is 11.3 Å². The molecule has 0 aliphatic carbocycles. The van der Waals surface area contributed by atoms with Gasteiger partial charge in [0, 0.05) is 24.9 Å². The molecule has 2 heterocycles. The van der Waals surface area contributed by atoms with Crippen molar-refractivity contribution in [3.8, 4) is 0 Å². The molecule has 3 aromatic rings. The number of fused-ring (bicyclic) bond motifs is 1. The quantitative estimate of drug-likeness (QED) is 0.689. The van der Waals surface area contributed by atoms with Gasteiger partial charge in [-0.2, -0.15) is 0 Å². The van der Waals surface area contributed by atoms with E-state index >= 15 is 0 Å². The lowest BCUT2D eigenvalue weighted by Gasteiger charge is -2.17. The molecule has 0 saturated carbocycles. The number of aryl methyl sites for hydroxylation is 2. The van der Waals surface area contributed by atoms with Gasteiger partial charge in [-0.1, -0.05) is 12.1 Å². The Balaban J connectivity index is 1.57. The molecular weight excluding hydrogens is 324 g/mol. The number of hydrogen-bond acceptors (Lipinski definition) is 4. The summed E-state index contributed by atoms with van der Waals surface area (Å²) < 4.78 is 6.79. The molecule has 1 amide bonds. The van der Waals surface area contributed by atoms with Gasteiger partial charge in [0.25, 0.3) is 0 Å². The van der Waals surface area contributed by atoms with Crippen LogP contribution in [0.5, 0.6) is 0 Å². The number of rotatable bonds is 6. The van der Waals surface area contributed by atoms with E-state index in [1.807, 2.05) is 30.6 Å². The van der Waals surface area contributed by atoms with Crippen LogP contribution in [0.3, 0.4) is 0 Å². The highest BCUT2D eigenvalue weighted by molar-refractivity contribution is 7.10. The van der Waals surface area contributed by atoms with Crippen LogP contribution >= 0.6 is 11.3 Å². The summed E-state index contributed by atoms with van der Waals surface area (Å²) in [6.45, 7) is 3.17. The van der Waals surface area contributed by atoms with Crippen molar-refractivity contribution in [2.24, 2.45) is 0 Å². The lowest BCUT2D eigenvalue weighted by molar-refractivity contribution is -0.130. The molecule has 0 radical (unpaired) electrons. The SMILES string of the molecule is Cc1ccsc1CN(C)C(=O)CCCn1c(=O)oc2ccccc21. The summed E-state index contributed by atoms with van der Waals surface area (Å²) in [5, 5.41) is 2.04. The van der Waals surface area contributed by atoms with Gasteiger partial charge in [-0.3, -0.25) is 9.36 Å². The Morgan fingerprint density at radius 2 is 2.08 bits per heavy atom. The van der Waals surface area contributed by atoms with Crippen LogP contribution in [0.4, 0.5) is 0 Å². The molecule has 24 heavy (non-hydrogen) atoms. The van der Waals surface area contributed by atoms with Crippen LogP contribution in [0, 0.1) is 6.92 Å². The van der Waals surface area contributed by atoms with Crippen LogP contribution in [0.1, 0.15) is 23.3 Å². The Kier molecular flexibility index (Phi) is 4.85. The van der Waals surface area contributed by atoms with Crippen molar-refractivity contribution < 1.29 is 9.21 Å². The van der Waals surface area contributed by atoms with Crippen LogP contribution in [-0.2, 0) is 17.9 Å². The minimum atomic E-state index is -0.369. The Hall–Kier alpha value is -2.34. The average molecular weight is 344 g/mol. The summed E-state index contributed by atoms with van der Waals surface area (Å²) in [5.74, 6) is -0.283. The van der Waals surface area contributed by atoms with Crippen molar-refractivity contribution in [2.75, 3.05) is 7.05 Å². The van der Waals surface area contributed by atoms with Gasteiger partial charge >= 0.3 is 5.76 Å². The summed E-state index contributed by atoms with van der Waals surface area (Å²) in [4.78, 5) is 27.1. The zero-order valence-electron chi connectivity index (χ0n) is 13.8. The first-order valence-electron chi connectivity index (χ1n) is 7.91. The lowest BCUT2D eigenvalue weighted by atomic mass is 10.2. The summed E-state index contributed by atoms with van der Waals surface area (Å²) in [5.41, 5.74) is 2.58. The maximum atomic E-state index is 12.3. The van der Waals surface area contributed by atoms with Gasteiger partial charge < -0.3 is 9.32 Å². The fraction of sp³-hybridized carbons (Fsp3) is 0.333. The average Bonchev–Trinajstić information content (AvgIpc) is 3.11. The number of nitrogens with zero attached hydrogens (tertiary/aromatic N) is 2. The van der Waals surface area contributed by atoms with Gasteiger partial charge in [0.1, 0.15) is 0 Å². The van der Waals surface area contributed by atoms with E-state index in [9.17, 15) is 9.59 Å². The number of carbonyl (C=O) groups is 1. The van der Waals surface area contributed by atoms with E-state index in [1.54, 1.807) is 26.9 Å². The third kappa shape index (κ3) is 3.43. The molecule has 3 rings (SSSR count). The predicted molar refractivity (Wildman–Crippen MR) is 95.2 cm³/mol. The standard InChI is InChI=1S/C18H20N2O3S/c1-13-9-11-24-16(13)12-19(2)17(21)8-5-10-20-14-6-3-4-7-15(14)23-18(20)22/h3-4,6-7,9,11H,5,8,10,12H2,1-2H3. The molecule has 0 atom stereocenters. The number of thiophene rings is 1. The van der Waals surface area contributed by atoms with E-state index < -0.39 is 0 Å². The first-order chi connectivity index (χ1) is 11.6. The first-order valence-corrected chi connectivity index (χ1v) is 8.79. The van der Waals surface area contributed by atoms with Gasteiger partial charge in [0.15, 0.2) is 5.58 Å². The molecule has 0 bridgehead atoms. The second-order valence-electron chi connectivity index (χ2n) is 5.87. The van der Waals surface area contributed by atoms with E-state index in [-0.39, 0.29) is 11.7 Å². The molecule has 6 heteroatoms. The zero-order chi connectivity index (χ0) is 17.1. The van der Waals surface area contributed by atoms with E-state index in [1.165, 1.54) is 10.4 Å². The topological polar surface area (TPSA) is 55.5 Å². The molecule has 0 spiro atoms. The molecule has 0 fully saturated rings. The number of carbonyl (C=O) groups excluding carboxylic acids is 1. The van der Waals surface area contributed by atoms with Gasteiger partial charge in [0.05, 0.1) is 12.1 Å². The normalized spacial score (nSPS) is 11.1. The Labute approximate surface area is 144 Å². The molecule has 0 saturated heterocycles. The fourth-order valence-electron chi connectivity index (χ4n) is 2.67. The third-order valence-electron chi connectivity index (χ3n) is 4.12. The maximum Gasteiger partial charge on any atom is 0.419 e. The molecule has 5 nitrogen and oxygen atoms in total. The van der Waals surface area contributed by atoms with Gasteiger partial charge in [0.2, 0.25) is 5.91 Å². The smallest absolute Gasteiger partial charge is 0.408 e. The predicted octanol–water partition coefficient (Wildman–Crippen LogP) is 3.40. The van der Waals surface area contributed by atoms with Crippen LogP contribution in [0.15, 0.2) is 44.9 Å². The van der Waals surface area contributed by atoms with E-state index in [0.29, 0.717) is 31.5 Å². The molecule has 0 unspecified atom stereocenters. The molecule has 2 aromatic heterocycles. The summed E-state index contributed by atoms with van der Waals surface area (Å²) in [6.07, 6.45) is 1.02. The minimum Gasteiger partial charge on any atom is -0.408 e. The van der Waals surface area contributed by atoms with Crippen LogP contribution < -0.4 is 5.76 Å². The molecule has 0 N–H and O–H groups in total. The number of aromatic nitrogens is 1. The summed E-state index contributed by atoms with van der Waals surface area (Å²) >= 11 is 1.67. The molecular formula is C18H20N2O3S. The van der Waals surface area contributed by atoms with Crippen molar-refractivity contribution >= 4 is 28.3 Å². The summed E-state index contributed by atoms with van der Waals surface area (Å²) in [7, 11) is 1.82. The Bertz CT molecular complexity index is 906. The highest BCUT2D eigenvalue weighted by atomic mass is 32.1. The largest absolute Gasteiger partial charge is 0.419 e. The van der Waals surface area contributed by atoms with E-state index in [0.717, 1.165) is 5.52 Å². The van der Waals surface area contributed by atoms with Crippen molar-refractivity contribution in [1.29, 1.82) is 0 Å². The molecule has 1 aromatic carbocycles. The maximum absolute atomic E-state index is 12.3. The van der Waals surface area contributed by atoms with Crippen molar-refractivity contribution in [3.63, 3.8) is 0 Å². The van der Waals surface area contributed by atoms with Crippen molar-refractivity contribution in [1.82, 2.24) is 9.47 Å². The van der Waals surface area contributed by atoms with E-state index in [2.05, 4.69) is 13.0 Å². The number of hydrogen-bond donors (Lipinski definition) is 0. The molecule has 0 aliphatic heterocycles. The highest BCUT2D eigenvalue weighted by Crippen LogP contribution is 2.18. The Morgan fingerprint density at radius 3 is 2.83 bits per heavy atom. The highest BCUT2D eigenvalue weighted by Gasteiger charge is 2.13. The van der Waals surface area contributed by atoms with Crippen molar-refractivity contribution in [3.05, 3.63) is 56.7 Å². The number of oxazole rings is 1. The lowest BCUT2D eigenvalue weighted by Crippen LogP contribution is -2.26. The molecule has 0 aliphatic rings. The minimum absolute atomic E-state index is 0.0867. The second kappa shape index (κ2) is 7.05. The third-order valence-corrected chi connectivity index (χ3v) is 5.13.